The van der Waals surface area contributed by atoms with Gasteiger partial charge < -0.3 is 18.9 Å². The van der Waals surface area contributed by atoms with Crippen molar-refractivity contribution in [2.45, 2.75) is 51.3 Å². The molecule has 0 fully saturated rings. The van der Waals surface area contributed by atoms with Crippen LogP contribution in [0.5, 0.6) is 23.0 Å². The molecular weight excluding hydrogens is 594 g/mol. The van der Waals surface area contributed by atoms with Crippen LogP contribution >= 0.6 is 15.8 Å². The van der Waals surface area contributed by atoms with Crippen LogP contribution in [0.15, 0.2) is 97.1 Å². The molecule has 45 heavy (non-hydrogen) atoms. The van der Waals surface area contributed by atoms with E-state index in [4.69, 9.17) is 18.9 Å². The first-order valence-electron chi connectivity index (χ1n) is 15.9. The monoisotopic (exact) mass is 644 g/mol. The van der Waals surface area contributed by atoms with Crippen LogP contribution in [-0.2, 0) is 24.6 Å². The maximum absolute atomic E-state index is 5.60. The Kier molecular flexibility index (Phi) is 13.6. The minimum absolute atomic E-state index is 0.257. The topological polar surface area (TPSA) is 36.9 Å². The molecule has 0 heterocycles. The Hall–Kier alpha value is -3.06. The van der Waals surface area contributed by atoms with Crippen LogP contribution < -0.4 is 18.9 Å². The molecule has 4 rings (SSSR count). The van der Waals surface area contributed by atoms with Crippen molar-refractivity contribution in [3.63, 3.8) is 0 Å². The smallest absolute Gasteiger partial charge is 0.119 e. The van der Waals surface area contributed by atoms with Crippen LogP contribution in [0.3, 0.4) is 0 Å². The SMILES string of the molecule is CCC(CC)(CP(Cc1cccc(OC)c1)Cc1cccc(OC)c1)CP(Cc1cccc(OC)c1)Cc1cccc(OC)c1. The summed E-state index contributed by atoms with van der Waals surface area (Å²) in [4.78, 5) is 0. The fraction of sp³-hybridized carbons (Fsp3) is 0.385. The molecule has 0 aliphatic rings. The number of ether oxygens (including phenoxy) is 4. The van der Waals surface area contributed by atoms with Crippen LogP contribution in [-0.4, -0.2) is 40.8 Å². The van der Waals surface area contributed by atoms with Crippen molar-refractivity contribution in [2.75, 3.05) is 40.8 Å². The van der Waals surface area contributed by atoms with Crippen LogP contribution in [0.1, 0.15) is 48.9 Å². The Morgan fingerprint density at radius 1 is 0.444 bits per heavy atom. The van der Waals surface area contributed by atoms with Crippen molar-refractivity contribution in [3.8, 4) is 23.0 Å². The van der Waals surface area contributed by atoms with Gasteiger partial charge >= 0.3 is 0 Å². The first kappa shape index (κ1) is 34.8. The zero-order chi connectivity index (χ0) is 32.1. The maximum atomic E-state index is 5.60. The van der Waals surface area contributed by atoms with Gasteiger partial charge in [-0.15, -0.1) is 0 Å². The van der Waals surface area contributed by atoms with E-state index in [1.807, 2.05) is 24.3 Å². The fourth-order valence-corrected chi connectivity index (χ4v) is 12.9. The van der Waals surface area contributed by atoms with Gasteiger partial charge in [-0.05, 0) is 126 Å². The van der Waals surface area contributed by atoms with Crippen LogP contribution in [0.25, 0.3) is 0 Å². The molecule has 6 heteroatoms. The summed E-state index contributed by atoms with van der Waals surface area (Å²) in [6, 6.07) is 34.6. The molecule has 4 aromatic rings. The number of hydrogen-bond acceptors (Lipinski definition) is 4. The summed E-state index contributed by atoms with van der Waals surface area (Å²) in [5.74, 6) is 3.73. The Bertz CT molecular complexity index is 1260. The molecule has 0 saturated carbocycles. The first-order chi connectivity index (χ1) is 21.9. The van der Waals surface area contributed by atoms with Crippen molar-refractivity contribution in [1.29, 1.82) is 0 Å². The minimum atomic E-state index is -0.353. The summed E-state index contributed by atoms with van der Waals surface area (Å²) < 4.78 is 22.4. The van der Waals surface area contributed by atoms with Gasteiger partial charge in [0.05, 0.1) is 28.4 Å². The lowest BCUT2D eigenvalue weighted by atomic mass is 9.87. The van der Waals surface area contributed by atoms with Gasteiger partial charge in [0.1, 0.15) is 23.0 Å². The van der Waals surface area contributed by atoms with Gasteiger partial charge in [-0.1, -0.05) is 78.2 Å². The Morgan fingerprint density at radius 3 is 0.933 bits per heavy atom. The normalized spacial score (nSPS) is 11.6. The average Bonchev–Trinajstić information content (AvgIpc) is 3.08. The third-order valence-corrected chi connectivity index (χ3v) is 14.3. The Labute approximate surface area is 274 Å². The molecule has 0 aliphatic heterocycles. The fourth-order valence-electron chi connectivity index (χ4n) is 6.15. The third kappa shape index (κ3) is 10.5. The summed E-state index contributed by atoms with van der Waals surface area (Å²) in [6.07, 6.45) is 9.13. The predicted molar refractivity (Wildman–Crippen MR) is 193 cm³/mol. The highest BCUT2D eigenvalue weighted by atomic mass is 31.1. The van der Waals surface area contributed by atoms with E-state index < -0.39 is 0 Å². The minimum Gasteiger partial charge on any atom is -0.497 e. The molecule has 4 nitrogen and oxygen atoms in total. The standard InChI is InChI=1S/C39H50O4P2/c1-7-39(8-2,29-44(25-31-13-9-17-35(21-31)40-3)26-32-14-10-18-36(22-32)41-4)30-45(27-33-15-11-19-37(23-33)42-5)28-34-16-12-20-38(24-34)43-6/h9-24H,7-8,25-30H2,1-6H3. The van der Waals surface area contributed by atoms with Crippen molar-refractivity contribution < 1.29 is 18.9 Å². The van der Waals surface area contributed by atoms with Crippen LogP contribution in [0, 0.1) is 5.41 Å². The van der Waals surface area contributed by atoms with E-state index in [2.05, 4.69) is 86.6 Å². The lowest BCUT2D eigenvalue weighted by Gasteiger charge is -2.39. The first-order valence-corrected chi connectivity index (χ1v) is 19.7. The Balaban J connectivity index is 1.66. The molecule has 0 aromatic heterocycles. The van der Waals surface area contributed by atoms with E-state index in [0.29, 0.717) is 0 Å². The van der Waals surface area contributed by atoms with E-state index in [1.54, 1.807) is 28.4 Å². The van der Waals surface area contributed by atoms with Gasteiger partial charge in [0.15, 0.2) is 0 Å². The second-order valence-corrected chi connectivity index (χ2v) is 16.5. The van der Waals surface area contributed by atoms with Crippen LogP contribution in [0.2, 0.25) is 0 Å². The molecule has 0 radical (unpaired) electrons. The lowest BCUT2D eigenvalue weighted by Crippen LogP contribution is -2.28. The molecule has 240 valence electrons. The second-order valence-electron chi connectivity index (χ2n) is 11.9. The third-order valence-electron chi connectivity index (χ3n) is 8.78. The summed E-state index contributed by atoms with van der Waals surface area (Å²) in [7, 11) is 6.31. The number of hydrogen-bond donors (Lipinski definition) is 0. The van der Waals surface area contributed by atoms with Crippen LogP contribution in [0.4, 0.5) is 0 Å². The number of methoxy groups -OCH3 is 4. The predicted octanol–water partition coefficient (Wildman–Crippen LogP) is 10.6. The van der Waals surface area contributed by atoms with Gasteiger partial charge in [-0.25, -0.2) is 0 Å². The largest absolute Gasteiger partial charge is 0.497 e. The molecule has 0 bridgehead atoms. The molecule has 0 atom stereocenters. The highest BCUT2D eigenvalue weighted by molar-refractivity contribution is 7.57. The quantitative estimate of drug-likeness (QED) is 0.101. The molecule has 0 saturated heterocycles. The molecule has 0 aliphatic carbocycles. The van der Waals surface area contributed by atoms with E-state index in [9.17, 15) is 0 Å². The summed E-state index contributed by atoms with van der Waals surface area (Å²) in [5.41, 5.74) is 5.70. The summed E-state index contributed by atoms with van der Waals surface area (Å²) >= 11 is 0. The Morgan fingerprint density at radius 2 is 0.711 bits per heavy atom. The van der Waals surface area contributed by atoms with Gasteiger partial charge in [0.2, 0.25) is 0 Å². The van der Waals surface area contributed by atoms with Gasteiger partial charge in [0, 0.05) is 0 Å². The zero-order valence-electron chi connectivity index (χ0n) is 27.9. The van der Waals surface area contributed by atoms with Crippen molar-refractivity contribution in [1.82, 2.24) is 0 Å². The molecule has 4 aromatic carbocycles. The van der Waals surface area contributed by atoms with Gasteiger partial charge in [-0.2, -0.15) is 0 Å². The molecular formula is C39H50O4P2. The zero-order valence-corrected chi connectivity index (χ0v) is 29.7. The van der Waals surface area contributed by atoms with Gasteiger partial charge in [-0.3, -0.25) is 0 Å². The summed E-state index contributed by atoms with van der Waals surface area (Å²) in [6.45, 7) is 4.83. The summed E-state index contributed by atoms with van der Waals surface area (Å²) in [5, 5.41) is 0. The van der Waals surface area contributed by atoms with Crippen molar-refractivity contribution in [2.24, 2.45) is 5.41 Å². The molecule has 0 unspecified atom stereocenters. The molecule has 0 N–H and O–H groups in total. The van der Waals surface area contributed by atoms with E-state index in [-0.39, 0.29) is 21.3 Å². The molecule has 0 amide bonds. The highest BCUT2D eigenvalue weighted by Crippen LogP contribution is 2.56. The maximum Gasteiger partial charge on any atom is 0.119 e. The van der Waals surface area contributed by atoms with E-state index in [0.717, 1.165) is 47.6 Å². The van der Waals surface area contributed by atoms with E-state index in [1.165, 1.54) is 47.4 Å². The number of benzene rings is 4. The average molecular weight is 645 g/mol. The van der Waals surface area contributed by atoms with Gasteiger partial charge in [0.25, 0.3) is 0 Å². The van der Waals surface area contributed by atoms with Crippen molar-refractivity contribution >= 4 is 15.8 Å². The highest BCUT2D eigenvalue weighted by Gasteiger charge is 2.33. The van der Waals surface area contributed by atoms with E-state index >= 15 is 0 Å². The second kappa shape index (κ2) is 17.6. The molecule has 0 spiro atoms. The lowest BCUT2D eigenvalue weighted by molar-refractivity contribution is 0.350. The van der Waals surface area contributed by atoms with Crippen molar-refractivity contribution in [3.05, 3.63) is 119 Å². The number of rotatable bonds is 18.